The SMILES string of the molecule is CCC1CCC(NCC(C)(C)CCCO)C1. The molecule has 0 spiro atoms. The second-order valence-electron chi connectivity index (χ2n) is 6.16. The molecule has 0 aromatic heterocycles. The minimum Gasteiger partial charge on any atom is -0.396 e. The summed E-state index contributed by atoms with van der Waals surface area (Å²) in [6, 6.07) is 0.748. The van der Waals surface area contributed by atoms with Crippen LogP contribution in [0.4, 0.5) is 0 Å². The molecule has 2 heteroatoms. The highest BCUT2D eigenvalue weighted by Crippen LogP contribution is 2.29. The number of hydrogen-bond donors (Lipinski definition) is 2. The van der Waals surface area contributed by atoms with Crippen molar-refractivity contribution in [1.29, 1.82) is 0 Å². The van der Waals surface area contributed by atoms with E-state index in [0.717, 1.165) is 31.3 Å². The van der Waals surface area contributed by atoms with E-state index >= 15 is 0 Å². The summed E-state index contributed by atoms with van der Waals surface area (Å²) >= 11 is 0. The Morgan fingerprint density at radius 1 is 1.31 bits per heavy atom. The molecule has 2 N–H and O–H groups in total. The first kappa shape index (κ1) is 14.0. The van der Waals surface area contributed by atoms with Crippen LogP contribution < -0.4 is 5.32 Å². The van der Waals surface area contributed by atoms with Crippen LogP contribution in [0.2, 0.25) is 0 Å². The second-order valence-corrected chi connectivity index (χ2v) is 6.16. The molecule has 96 valence electrons. The Balaban J connectivity index is 2.18. The molecule has 0 aliphatic heterocycles. The van der Waals surface area contributed by atoms with Crippen LogP contribution in [-0.4, -0.2) is 24.3 Å². The predicted octanol–water partition coefficient (Wildman–Crippen LogP) is 2.95. The molecule has 1 fully saturated rings. The van der Waals surface area contributed by atoms with Crippen molar-refractivity contribution in [2.75, 3.05) is 13.2 Å². The van der Waals surface area contributed by atoms with Crippen molar-refractivity contribution in [2.45, 2.75) is 65.3 Å². The summed E-state index contributed by atoms with van der Waals surface area (Å²) in [6.45, 7) is 8.31. The van der Waals surface area contributed by atoms with Gasteiger partial charge in [0.05, 0.1) is 0 Å². The molecule has 0 heterocycles. The number of aliphatic hydroxyl groups excluding tert-OH is 1. The van der Waals surface area contributed by atoms with Crippen LogP contribution in [0.15, 0.2) is 0 Å². The Morgan fingerprint density at radius 3 is 2.62 bits per heavy atom. The highest BCUT2D eigenvalue weighted by atomic mass is 16.2. The minimum absolute atomic E-state index is 0.324. The Bertz CT molecular complexity index is 191. The van der Waals surface area contributed by atoms with Gasteiger partial charge in [-0.2, -0.15) is 0 Å². The summed E-state index contributed by atoms with van der Waals surface area (Å²) in [5.74, 6) is 0.957. The molecule has 0 aromatic rings. The Morgan fingerprint density at radius 2 is 2.06 bits per heavy atom. The fourth-order valence-electron chi connectivity index (χ4n) is 2.70. The molecule has 0 radical (unpaired) electrons. The van der Waals surface area contributed by atoms with Crippen LogP contribution in [0, 0.1) is 11.3 Å². The van der Waals surface area contributed by atoms with Crippen molar-refractivity contribution in [2.24, 2.45) is 11.3 Å². The second kappa shape index (κ2) is 6.61. The molecule has 16 heavy (non-hydrogen) atoms. The highest BCUT2D eigenvalue weighted by Gasteiger charge is 2.25. The van der Waals surface area contributed by atoms with Crippen LogP contribution in [0.3, 0.4) is 0 Å². The Hall–Kier alpha value is -0.0800. The maximum atomic E-state index is 8.86. The summed E-state index contributed by atoms with van der Waals surface area (Å²) in [6.07, 6.45) is 7.51. The molecule has 2 atom stereocenters. The Kier molecular flexibility index (Phi) is 5.77. The summed E-state index contributed by atoms with van der Waals surface area (Å²) in [4.78, 5) is 0. The van der Waals surface area contributed by atoms with Gasteiger partial charge in [-0.3, -0.25) is 0 Å². The number of nitrogens with one attached hydrogen (secondary N) is 1. The largest absolute Gasteiger partial charge is 0.396 e. The van der Waals surface area contributed by atoms with E-state index in [1.54, 1.807) is 0 Å². The van der Waals surface area contributed by atoms with Gasteiger partial charge in [-0.15, -0.1) is 0 Å². The van der Waals surface area contributed by atoms with Crippen molar-refractivity contribution in [1.82, 2.24) is 5.32 Å². The zero-order chi connectivity index (χ0) is 12.0. The van der Waals surface area contributed by atoms with E-state index in [1.165, 1.54) is 25.7 Å². The summed E-state index contributed by atoms with van der Waals surface area (Å²) in [7, 11) is 0. The molecule has 1 aliphatic rings. The normalized spacial score (nSPS) is 26.2. The maximum Gasteiger partial charge on any atom is 0.0431 e. The van der Waals surface area contributed by atoms with Gasteiger partial charge in [0.2, 0.25) is 0 Å². The molecule has 0 bridgehead atoms. The van der Waals surface area contributed by atoms with Gasteiger partial charge in [-0.25, -0.2) is 0 Å². The fourth-order valence-corrected chi connectivity index (χ4v) is 2.70. The molecule has 2 unspecified atom stereocenters. The summed E-state index contributed by atoms with van der Waals surface area (Å²) in [5, 5.41) is 12.6. The van der Waals surface area contributed by atoms with Gasteiger partial charge in [0.15, 0.2) is 0 Å². The molecule has 0 amide bonds. The lowest BCUT2D eigenvalue weighted by molar-refractivity contribution is 0.231. The van der Waals surface area contributed by atoms with Crippen LogP contribution in [0.5, 0.6) is 0 Å². The van der Waals surface area contributed by atoms with Gasteiger partial charge < -0.3 is 10.4 Å². The zero-order valence-electron chi connectivity index (χ0n) is 11.3. The lowest BCUT2D eigenvalue weighted by Gasteiger charge is -2.27. The topological polar surface area (TPSA) is 32.3 Å². The van der Waals surface area contributed by atoms with Crippen LogP contribution in [-0.2, 0) is 0 Å². The fraction of sp³-hybridized carbons (Fsp3) is 1.00. The van der Waals surface area contributed by atoms with E-state index in [0.29, 0.717) is 12.0 Å². The third-order valence-electron chi connectivity index (χ3n) is 4.00. The summed E-state index contributed by atoms with van der Waals surface area (Å²) < 4.78 is 0. The van der Waals surface area contributed by atoms with E-state index < -0.39 is 0 Å². The number of rotatable bonds is 7. The third-order valence-corrected chi connectivity index (χ3v) is 4.00. The zero-order valence-corrected chi connectivity index (χ0v) is 11.3. The number of aliphatic hydroxyl groups is 1. The van der Waals surface area contributed by atoms with Gasteiger partial charge in [-0.05, 0) is 43.4 Å². The van der Waals surface area contributed by atoms with E-state index in [2.05, 4.69) is 26.1 Å². The number of hydrogen-bond acceptors (Lipinski definition) is 2. The lowest BCUT2D eigenvalue weighted by Crippen LogP contribution is -2.35. The summed E-state index contributed by atoms with van der Waals surface area (Å²) in [5.41, 5.74) is 0.326. The smallest absolute Gasteiger partial charge is 0.0431 e. The van der Waals surface area contributed by atoms with Crippen molar-refractivity contribution in [3.05, 3.63) is 0 Å². The Labute approximate surface area is 101 Å². The van der Waals surface area contributed by atoms with Gasteiger partial charge in [0.25, 0.3) is 0 Å². The molecule has 0 aromatic carbocycles. The van der Waals surface area contributed by atoms with Crippen molar-refractivity contribution >= 4 is 0 Å². The van der Waals surface area contributed by atoms with E-state index in [9.17, 15) is 0 Å². The van der Waals surface area contributed by atoms with E-state index in [4.69, 9.17) is 5.11 Å². The highest BCUT2D eigenvalue weighted by molar-refractivity contribution is 4.82. The third kappa shape index (κ3) is 4.84. The first-order valence-corrected chi connectivity index (χ1v) is 6.91. The molecular formula is C14H29NO. The molecule has 0 saturated heterocycles. The lowest BCUT2D eigenvalue weighted by atomic mass is 9.87. The van der Waals surface area contributed by atoms with Gasteiger partial charge in [0.1, 0.15) is 0 Å². The van der Waals surface area contributed by atoms with Crippen molar-refractivity contribution in [3.63, 3.8) is 0 Å². The van der Waals surface area contributed by atoms with Gasteiger partial charge in [0, 0.05) is 19.2 Å². The monoisotopic (exact) mass is 227 g/mol. The minimum atomic E-state index is 0.324. The molecule has 2 nitrogen and oxygen atoms in total. The van der Waals surface area contributed by atoms with Gasteiger partial charge >= 0.3 is 0 Å². The van der Waals surface area contributed by atoms with Crippen LogP contribution in [0.1, 0.15) is 59.3 Å². The van der Waals surface area contributed by atoms with Crippen LogP contribution in [0.25, 0.3) is 0 Å². The quantitative estimate of drug-likeness (QED) is 0.701. The van der Waals surface area contributed by atoms with Crippen molar-refractivity contribution in [3.8, 4) is 0 Å². The van der Waals surface area contributed by atoms with Gasteiger partial charge in [-0.1, -0.05) is 27.2 Å². The van der Waals surface area contributed by atoms with E-state index in [-0.39, 0.29) is 0 Å². The average molecular weight is 227 g/mol. The molecular weight excluding hydrogens is 198 g/mol. The molecule has 1 rings (SSSR count). The van der Waals surface area contributed by atoms with E-state index in [1.807, 2.05) is 0 Å². The molecule has 1 aliphatic carbocycles. The first-order chi connectivity index (χ1) is 7.57. The average Bonchev–Trinajstić information content (AvgIpc) is 2.72. The predicted molar refractivity (Wildman–Crippen MR) is 69.5 cm³/mol. The maximum absolute atomic E-state index is 8.86. The van der Waals surface area contributed by atoms with Crippen molar-refractivity contribution < 1.29 is 5.11 Å². The first-order valence-electron chi connectivity index (χ1n) is 6.91. The standard InChI is InChI=1S/C14H29NO/c1-4-12-6-7-13(10-12)15-11-14(2,3)8-5-9-16/h12-13,15-16H,4-11H2,1-3H3. The van der Waals surface area contributed by atoms with Crippen LogP contribution >= 0.6 is 0 Å². The molecule has 1 saturated carbocycles.